The van der Waals surface area contributed by atoms with Crippen LogP contribution >= 0.6 is 0 Å². The van der Waals surface area contributed by atoms with Gasteiger partial charge in [-0.05, 0) is 32.3 Å². The second kappa shape index (κ2) is 3.81. The molecule has 1 heterocycles. The zero-order valence-corrected chi connectivity index (χ0v) is 8.42. The third-order valence-corrected chi connectivity index (χ3v) is 2.17. The number of rotatable bonds is 2. The molecular weight excluding hydrogens is 168 g/mol. The molecule has 3 nitrogen and oxygen atoms in total. The fourth-order valence-corrected chi connectivity index (χ4v) is 1.18. The Morgan fingerprint density at radius 1 is 1.77 bits per heavy atom. The quantitative estimate of drug-likeness (QED) is 0.616. The van der Waals surface area contributed by atoms with Crippen molar-refractivity contribution in [2.75, 3.05) is 6.61 Å². The van der Waals surface area contributed by atoms with E-state index in [-0.39, 0.29) is 11.6 Å². The first-order valence-electron chi connectivity index (χ1n) is 4.49. The number of ether oxygens (including phenoxy) is 2. The molecule has 0 saturated heterocycles. The molecule has 0 aliphatic carbocycles. The van der Waals surface area contributed by atoms with Crippen LogP contribution in [0.15, 0.2) is 11.8 Å². The Bertz CT molecular complexity index is 232. The van der Waals surface area contributed by atoms with Crippen molar-refractivity contribution in [1.82, 2.24) is 0 Å². The molecule has 0 fully saturated rings. The number of hydrogen-bond donors (Lipinski definition) is 0. The molecule has 74 valence electrons. The first-order valence-corrected chi connectivity index (χ1v) is 4.49. The Hall–Kier alpha value is -0.990. The smallest absolute Gasteiger partial charge is 0.302 e. The van der Waals surface area contributed by atoms with Crippen LogP contribution in [0, 0.1) is 0 Å². The van der Waals surface area contributed by atoms with Crippen molar-refractivity contribution in [3.8, 4) is 0 Å². The molecule has 1 unspecified atom stereocenters. The highest BCUT2D eigenvalue weighted by molar-refractivity contribution is 5.65. The van der Waals surface area contributed by atoms with E-state index in [0.29, 0.717) is 6.61 Å². The minimum atomic E-state index is -0.328. The highest BCUT2D eigenvalue weighted by atomic mass is 16.6. The van der Waals surface area contributed by atoms with Crippen LogP contribution in [0.3, 0.4) is 0 Å². The summed E-state index contributed by atoms with van der Waals surface area (Å²) in [5.41, 5.74) is 0.908. The molecule has 0 amide bonds. The van der Waals surface area contributed by atoms with E-state index >= 15 is 0 Å². The van der Waals surface area contributed by atoms with Crippen molar-refractivity contribution >= 4 is 5.97 Å². The maximum absolute atomic E-state index is 10.6. The average molecular weight is 184 g/mol. The fourth-order valence-electron chi connectivity index (χ4n) is 1.18. The zero-order valence-electron chi connectivity index (χ0n) is 8.42. The first kappa shape index (κ1) is 10.1. The number of carbonyl (C=O) groups excluding carboxylic acids is 1. The molecule has 0 aromatic heterocycles. The van der Waals surface area contributed by atoms with Gasteiger partial charge in [0.15, 0.2) is 0 Å². The van der Waals surface area contributed by atoms with Crippen LogP contribution in [0.25, 0.3) is 0 Å². The summed E-state index contributed by atoms with van der Waals surface area (Å²) in [6.07, 6.45) is 3.67. The van der Waals surface area contributed by atoms with Gasteiger partial charge in [-0.15, -0.1) is 0 Å². The van der Waals surface area contributed by atoms with Gasteiger partial charge in [-0.1, -0.05) is 0 Å². The first-order chi connectivity index (χ1) is 6.02. The topological polar surface area (TPSA) is 35.5 Å². The fraction of sp³-hybridized carbons (Fsp3) is 0.700. The van der Waals surface area contributed by atoms with E-state index in [9.17, 15) is 4.79 Å². The Kier molecular flexibility index (Phi) is 2.96. The normalized spacial score (nSPS) is 27.5. The largest absolute Gasteiger partial charge is 0.492 e. The second-order valence-electron chi connectivity index (χ2n) is 3.81. The molecule has 0 saturated carbocycles. The number of allylic oxidation sites excluding steroid dienone is 1. The molecule has 0 aromatic rings. The van der Waals surface area contributed by atoms with Gasteiger partial charge < -0.3 is 9.47 Å². The lowest BCUT2D eigenvalue weighted by Gasteiger charge is -2.32. The zero-order chi connectivity index (χ0) is 9.90. The van der Waals surface area contributed by atoms with E-state index in [2.05, 4.69) is 0 Å². The van der Waals surface area contributed by atoms with Crippen LogP contribution in [-0.2, 0) is 14.3 Å². The van der Waals surface area contributed by atoms with Crippen LogP contribution in [0.2, 0.25) is 0 Å². The summed E-state index contributed by atoms with van der Waals surface area (Å²) in [7, 11) is 0. The number of carbonyl (C=O) groups is 1. The highest BCUT2D eigenvalue weighted by Crippen LogP contribution is 2.26. The lowest BCUT2D eigenvalue weighted by Crippen LogP contribution is -2.35. The Labute approximate surface area is 78.7 Å². The van der Waals surface area contributed by atoms with Crippen LogP contribution < -0.4 is 0 Å². The molecular formula is C10H16O3. The molecule has 1 rings (SSSR count). The van der Waals surface area contributed by atoms with Crippen molar-refractivity contribution < 1.29 is 14.3 Å². The van der Waals surface area contributed by atoms with Crippen molar-refractivity contribution in [2.24, 2.45) is 0 Å². The molecule has 0 aromatic carbocycles. The number of esters is 1. The van der Waals surface area contributed by atoms with Gasteiger partial charge in [0, 0.05) is 6.92 Å². The van der Waals surface area contributed by atoms with Crippen molar-refractivity contribution in [3.05, 3.63) is 11.8 Å². The van der Waals surface area contributed by atoms with Gasteiger partial charge in [0.05, 0.1) is 6.26 Å². The summed E-state index contributed by atoms with van der Waals surface area (Å²) in [5, 5.41) is 0. The van der Waals surface area contributed by atoms with Crippen molar-refractivity contribution in [1.29, 1.82) is 0 Å². The standard InChI is InChI=1S/C10H16O3/c1-8-4-5-10(3,13-6-8)7-12-9(2)11/h6H,4-5,7H2,1-3H3. The lowest BCUT2D eigenvalue weighted by atomic mass is 9.96. The molecule has 0 bridgehead atoms. The van der Waals surface area contributed by atoms with Crippen molar-refractivity contribution in [2.45, 2.75) is 39.2 Å². The maximum atomic E-state index is 10.6. The van der Waals surface area contributed by atoms with Gasteiger partial charge in [0.1, 0.15) is 12.2 Å². The minimum absolute atomic E-state index is 0.254. The summed E-state index contributed by atoms with van der Waals surface area (Å²) in [6.45, 7) is 5.74. The SMILES string of the molecule is CC(=O)OCC1(C)CCC(C)=CO1. The molecule has 0 N–H and O–H groups in total. The molecule has 0 spiro atoms. The predicted octanol–water partition coefficient (Wildman–Crippen LogP) is 2.02. The Balaban J connectivity index is 2.44. The van der Waals surface area contributed by atoms with E-state index in [1.54, 1.807) is 6.26 Å². The van der Waals surface area contributed by atoms with E-state index in [1.165, 1.54) is 12.5 Å². The average Bonchev–Trinajstić information content (AvgIpc) is 2.08. The summed E-state index contributed by atoms with van der Waals surface area (Å²) >= 11 is 0. The number of hydrogen-bond acceptors (Lipinski definition) is 3. The molecule has 13 heavy (non-hydrogen) atoms. The van der Waals surface area contributed by atoms with Crippen LogP contribution in [0.5, 0.6) is 0 Å². The molecule has 0 radical (unpaired) electrons. The predicted molar refractivity (Wildman–Crippen MR) is 49.1 cm³/mol. The Morgan fingerprint density at radius 3 is 2.92 bits per heavy atom. The van der Waals surface area contributed by atoms with E-state index in [0.717, 1.165) is 12.8 Å². The summed E-state index contributed by atoms with van der Waals surface area (Å²) in [5.74, 6) is -0.254. The molecule has 3 heteroatoms. The Morgan fingerprint density at radius 2 is 2.46 bits per heavy atom. The van der Waals surface area contributed by atoms with Gasteiger partial charge in [-0.2, -0.15) is 0 Å². The van der Waals surface area contributed by atoms with Gasteiger partial charge in [0.25, 0.3) is 0 Å². The van der Waals surface area contributed by atoms with Gasteiger partial charge >= 0.3 is 5.97 Å². The maximum Gasteiger partial charge on any atom is 0.302 e. The lowest BCUT2D eigenvalue weighted by molar-refractivity contribution is -0.149. The second-order valence-corrected chi connectivity index (χ2v) is 3.81. The van der Waals surface area contributed by atoms with E-state index < -0.39 is 0 Å². The molecule has 1 aliphatic rings. The minimum Gasteiger partial charge on any atom is -0.492 e. The monoisotopic (exact) mass is 184 g/mol. The third kappa shape index (κ3) is 3.09. The van der Waals surface area contributed by atoms with Crippen LogP contribution in [0.4, 0.5) is 0 Å². The van der Waals surface area contributed by atoms with E-state index in [1.807, 2.05) is 13.8 Å². The van der Waals surface area contributed by atoms with Gasteiger partial charge in [-0.3, -0.25) is 4.79 Å². The third-order valence-electron chi connectivity index (χ3n) is 2.17. The molecule has 1 atom stereocenters. The van der Waals surface area contributed by atoms with Crippen LogP contribution in [-0.4, -0.2) is 18.2 Å². The van der Waals surface area contributed by atoms with Crippen molar-refractivity contribution in [3.63, 3.8) is 0 Å². The summed E-state index contributed by atoms with van der Waals surface area (Å²) in [4.78, 5) is 10.6. The van der Waals surface area contributed by atoms with Gasteiger partial charge in [0.2, 0.25) is 0 Å². The molecule has 1 aliphatic heterocycles. The summed E-state index contributed by atoms with van der Waals surface area (Å²) in [6, 6.07) is 0. The van der Waals surface area contributed by atoms with Gasteiger partial charge in [-0.25, -0.2) is 0 Å². The summed E-state index contributed by atoms with van der Waals surface area (Å²) < 4.78 is 10.4. The highest BCUT2D eigenvalue weighted by Gasteiger charge is 2.29. The van der Waals surface area contributed by atoms with E-state index in [4.69, 9.17) is 9.47 Å². The van der Waals surface area contributed by atoms with Crippen LogP contribution in [0.1, 0.15) is 33.6 Å².